The highest BCUT2D eigenvalue weighted by Gasteiger charge is 2.49. The predicted molar refractivity (Wildman–Crippen MR) is 182 cm³/mol. The minimum absolute atomic E-state index is 0.194. The van der Waals surface area contributed by atoms with Crippen LogP contribution in [0.2, 0.25) is 0 Å². The fourth-order valence-electron chi connectivity index (χ4n) is 5.87. The van der Waals surface area contributed by atoms with Crippen molar-refractivity contribution in [2.45, 2.75) is 56.9 Å². The summed E-state index contributed by atoms with van der Waals surface area (Å²) in [4.78, 5) is 11.7. The number of hydrogen-bond acceptors (Lipinski definition) is 6. The predicted octanol–water partition coefficient (Wildman–Crippen LogP) is 7.80. The van der Waals surface area contributed by atoms with Crippen molar-refractivity contribution in [1.82, 2.24) is 0 Å². The van der Waals surface area contributed by atoms with E-state index in [1.807, 2.05) is 121 Å². The van der Waals surface area contributed by atoms with E-state index in [0.29, 0.717) is 26.4 Å². The summed E-state index contributed by atoms with van der Waals surface area (Å²) in [7, 11) is 0. The topological polar surface area (TPSA) is 83.5 Å². The van der Waals surface area contributed by atoms with Crippen LogP contribution in [-0.2, 0) is 50.1 Å². The van der Waals surface area contributed by atoms with Crippen molar-refractivity contribution in [2.75, 3.05) is 6.61 Å². The zero-order valence-electron chi connectivity index (χ0n) is 26.7. The summed E-state index contributed by atoms with van der Waals surface area (Å²) in [5, 5.41) is 9.58. The SMILES string of the molecule is O=C(O)c1ccc([C@@H]2O[C@H](COCc3ccccc3)[C@@H](OCc3ccccc3)[C@H](OCc3ccccc3)[C@H]2OCc2ccccc2)cc1. The number of rotatable bonds is 15. The maximum Gasteiger partial charge on any atom is 0.335 e. The van der Waals surface area contributed by atoms with Gasteiger partial charge in [0.05, 0.1) is 38.6 Å². The number of carboxylic acids is 1. The first-order valence-corrected chi connectivity index (χ1v) is 16.2. The minimum atomic E-state index is -0.992. The molecule has 48 heavy (non-hydrogen) atoms. The molecule has 0 saturated carbocycles. The second kappa shape index (κ2) is 17.0. The van der Waals surface area contributed by atoms with Gasteiger partial charge in [-0.2, -0.15) is 0 Å². The molecule has 6 rings (SSSR count). The first kappa shape index (κ1) is 33.3. The zero-order valence-corrected chi connectivity index (χ0v) is 26.7. The normalized spacial score (nSPS) is 20.7. The molecule has 1 saturated heterocycles. The third kappa shape index (κ3) is 9.04. The molecule has 0 bridgehead atoms. The molecule has 1 N–H and O–H groups in total. The smallest absolute Gasteiger partial charge is 0.335 e. The van der Waals surface area contributed by atoms with Crippen LogP contribution < -0.4 is 0 Å². The second-order valence-electron chi connectivity index (χ2n) is 11.8. The lowest BCUT2D eigenvalue weighted by Gasteiger charge is -2.46. The lowest BCUT2D eigenvalue weighted by molar-refractivity contribution is -0.275. The highest BCUT2D eigenvalue weighted by molar-refractivity contribution is 5.87. The highest BCUT2D eigenvalue weighted by Crippen LogP contribution is 2.38. The van der Waals surface area contributed by atoms with Crippen LogP contribution in [0.5, 0.6) is 0 Å². The van der Waals surface area contributed by atoms with Crippen molar-refractivity contribution in [3.05, 3.63) is 179 Å². The lowest BCUT2D eigenvalue weighted by Crippen LogP contribution is -2.58. The van der Waals surface area contributed by atoms with Crippen molar-refractivity contribution in [1.29, 1.82) is 0 Å². The Balaban J connectivity index is 1.35. The molecular formula is C41H40O7. The van der Waals surface area contributed by atoms with Crippen molar-refractivity contribution >= 4 is 5.97 Å². The number of aromatic carboxylic acids is 1. The molecule has 0 aliphatic carbocycles. The Hall–Kier alpha value is -4.63. The van der Waals surface area contributed by atoms with E-state index in [1.165, 1.54) is 0 Å². The van der Waals surface area contributed by atoms with E-state index in [-0.39, 0.29) is 12.2 Å². The third-order valence-electron chi connectivity index (χ3n) is 8.37. The lowest BCUT2D eigenvalue weighted by atomic mass is 9.90. The Bertz CT molecular complexity index is 1660. The van der Waals surface area contributed by atoms with Gasteiger partial charge in [0.25, 0.3) is 0 Å². The molecule has 1 aliphatic rings. The summed E-state index contributed by atoms with van der Waals surface area (Å²) in [6.07, 6.45) is -2.85. The van der Waals surface area contributed by atoms with Crippen LogP contribution in [-0.4, -0.2) is 42.1 Å². The van der Waals surface area contributed by atoms with Crippen LogP contribution >= 0.6 is 0 Å². The summed E-state index contributed by atoms with van der Waals surface area (Å²) in [5.41, 5.74) is 5.08. The first-order chi connectivity index (χ1) is 23.6. The van der Waals surface area contributed by atoms with E-state index in [0.717, 1.165) is 27.8 Å². The number of ether oxygens (including phenoxy) is 5. The van der Waals surface area contributed by atoms with Crippen molar-refractivity contribution in [3.8, 4) is 0 Å². The molecule has 1 aliphatic heterocycles. The van der Waals surface area contributed by atoms with E-state index >= 15 is 0 Å². The minimum Gasteiger partial charge on any atom is -0.478 e. The van der Waals surface area contributed by atoms with Gasteiger partial charge in [0.15, 0.2) is 0 Å². The number of carboxylic acid groups (broad SMARTS) is 1. The van der Waals surface area contributed by atoms with Crippen LogP contribution in [0, 0.1) is 0 Å². The molecule has 246 valence electrons. The average Bonchev–Trinajstić information content (AvgIpc) is 3.14. The van der Waals surface area contributed by atoms with Gasteiger partial charge in [0.2, 0.25) is 0 Å². The molecule has 1 heterocycles. The summed E-state index contributed by atoms with van der Waals surface area (Å²) in [6, 6.07) is 46.7. The highest BCUT2D eigenvalue weighted by atomic mass is 16.6. The molecule has 7 heteroatoms. The standard InChI is InChI=1S/C41H40O7/c42-41(43)35-23-21-34(22-24-35)37-39(46-27-32-17-9-3-10-18-32)40(47-28-33-19-11-4-12-20-33)38(45-26-31-15-7-2-8-16-31)36(48-37)29-44-25-30-13-5-1-6-14-30/h1-24,36-40H,25-29H2,(H,42,43)/t36-,37+,38-,39+,40+/m1/s1. The van der Waals surface area contributed by atoms with Gasteiger partial charge in [0.1, 0.15) is 30.5 Å². The zero-order chi connectivity index (χ0) is 33.0. The van der Waals surface area contributed by atoms with Gasteiger partial charge in [-0.25, -0.2) is 4.79 Å². The molecule has 0 radical (unpaired) electrons. The maximum absolute atomic E-state index is 11.7. The van der Waals surface area contributed by atoms with Crippen molar-refractivity contribution < 1.29 is 33.6 Å². The fraction of sp³-hybridized carbons (Fsp3) is 0.244. The van der Waals surface area contributed by atoms with Gasteiger partial charge in [-0.15, -0.1) is 0 Å². The molecule has 7 nitrogen and oxygen atoms in total. The molecule has 5 aromatic carbocycles. The Labute approximate surface area is 281 Å². The molecule has 0 spiro atoms. The van der Waals surface area contributed by atoms with Crippen LogP contribution in [0.4, 0.5) is 0 Å². The number of carbonyl (C=O) groups is 1. The van der Waals surface area contributed by atoms with E-state index in [9.17, 15) is 9.90 Å². The largest absolute Gasteiger partial charge is 0.478 e. The number of benzene rings is 5. The van der Waals surface area contributed by atoms with E-state index in [2.05, 4.69) is 0 Å². The summed E-state index contributed by atoms with van der Waals surface area (Å²) >= 11 is 0. The first-order valence-electron chi connectivity index (χ1n) is 16.2. The summed E-state index contributed by atoms with van der Waals surface area (Å²) < 4.78 is 33.4. The summed E-state index contributed by atoms with van der Waals surface area (Å²) in [6.45, 7) is 1.66. The van der Waals surface area contributed by atoms with Crippen LogP contribution in [0.15, 0.2) is 146 Å². The maximum atomic E-state index is 11.7. The van der Waals surface area contributed by atoms with E-state index < -0.39 is 36.5 Å². The molecule has 1 fully saturated rings. The second-order valence-corrected chi connectivity index (χ2v) is 11.8. The molecule has 5 aromatic rings. The fourth-order valence-corrected chi connectivity index (χ4v) is 5.87. The number of hydrogen-bond donors (Lipinski definition) is 1. The Morgan fingerprint density at radius 2 is 0.938 bits per heavy atom. The van der Waals surface area contributed by atoms with Gasteiger partial charge in [-0.1, -0.05) is 133 Å². The molecule has 0 amide bonds. The van der Waals surface area contributed by atoms with Crippen LogP contribution in [0.3, 0.4) is 0 Å². The van der Waals surface area contributed by atoms with E-state index in [4.69, 9.17) is 23.7 Å². The Morgan fingerprint density at radius 1 is 0.521 bits per heavy atom. The van der Waals surface area contributed by atoms with Gasteiger partial charge >= 0.3 is 5.97 Å². The molecule has 0 aromatic heterocycles. The molecule has 0 unspecified atom stereocenters. The van der Waals surface area contributed by atoms with Gasteiger partial charge in [-0.05, 0) is 39.9 Å². The van der Waals surface area contributed by atoms with Crippen molar-refractivity contribution in [2.24, 2.45) is 0 Å². The van der Waals surface area contributed by atoms with Gasteiger partial charge < -0.3 is 28.8 Å². The Kier molecular flexibility index (Phi) is 11.8. The monoisotopic (exact) mass is 644 g/mol. The average molecular weight is 645 g/mol. The molecule has 5 atom stereocenters. The molecular weight excluding hydrogens is 604 g/mol. The summed E-state index contributed by atoms with van der Waals surface area (Å²) in [5.74, 6) is -0.992. The van der Waals surface area contributed by atoms with Crippen LogP contribution in [0.1, 0.15) is 44.3 Å². The van der Waals surface area contributed by atoms with Crippen LogP contribution in [0.25, 0.3) is 0 Å². The Morgan fingerprint density at radius 3 is 1.40 bits per heavy atom. The van der Waals surface area contributed by atoms with E-state index in [1.54, 1.807) is 24.3 Å². The van der Waals surface area contributed by atoms with Gasteiger partial charge in [0, 0.05) is 0 Å². The van der Waals surface area contributed by atoms with Gasteiger partial charge in [-0.3, -0.25) is 0 Å². The quantitative estimate of drug-likeness (QED) is 0.125. The van der Waals surface area contributed by atoms with Crippen molar-refractivity contribution in [3.63, 3.8) is 0 Å². The third-order valence-corrected chi connectivity index (χ3v) is 8.37.